The molecule has 0 rings (SSSR count). The third-order valence-corrected chi connectivity index (χ3v) is 11.5. The number of unbranched alkanes of at least 4 members (excludes halogenated alkanes) is 31. The summed E-state index contributed by atoms with van der Waals surface area (Å²) in [4.78, 5) is 12.4. The van der Waals surface area contributed by atoms with Crippen LogP contribution in [0.5, 0.6) is 0 Å². The molecule has 0 heterocycles. The van der Waals surface area contributed by atoms with E-state index < -0.39 is 12.1 Å². The molecule has 1 amide bonds. The largest absolute Gasteiger partial charge is 0.394 e. The number of aliphatic hydroxyl groups is 2. The van der Waals surface area contributed by atoms with E-state index in [0.29, 0.717) is 6.42 Å². The first-order chi connectivity index (χ1) is 28.7. The molecule has 0 aliphatic carbocycles. The van der Waals surface area contributed by atoms with Gasteiger partial charge in [-0.3, -0.25) is 4.79 Å². The fourth-order valence-electron chi connectivity index (χ4n) is 7.54. The van der Waals surface area contributed by atoms with Crippen LogP contribution in [0.15, 0.2) is 60.8 Å². The molecule has 0 aromatic rings. The van der Waals surface area contributed by atoms with Crippen LogP contribution in [0.1, 0.15) is 258 Å². The molecule has 0 saturated heterocycles. The lowest BCUT2D eigenvalue weighted by atomic mass is 10.0. The summed E-state index contributed by atoms with van der Waals surface area (Å²) in [5.41, 5.74) is 0. The summed E-state index contributed by atoms with van der Waals surface area (Å²) in [6.07, 6.45) is 69.4. The van der Waals surface area contributed by atoms with Crippen molar-refractivity contribution in [3.63, 3.8) is 0 Å². The Morgan fingerprint density at radius 2 is 0.724 bits per heavy atom. The van der Waals surface area contributed by atoms with E-state index in [9.17, 15) is 15.0 Å². The molecule has 58 heavy (non-hydrogen) atoms. The number of carbonyl (C=O) groups is 1. The Balaban J connectivity index is 3.57. The highest BCUT2D eigenvalue weighted by atomic mass is 16.3. The molecule has 0 radical (unpaired) electrons. The minimum Gasteiger partial charge on any atom is -0.394 e. The minimum atomic E-state index is -0.878. The van der Waals surface area contributed by atoms with Gasteiger partial charge in [0.2, 0.25) is 5.91 Å². The van der Waals surface area contributed by atoms with Gasteiger partial charge in [0.15, 0.2) is 0 Å². The molecule has 4 nitrogen and oxygen atoms in total. The molecule has 2 unspecified atom stereocenters. The second-order valence-corrected chi connectivity index (χ2v) is 17.2. The van der Waals surface area contributed by atoms with Crippen LogP contribution >= 0.6 is 0 Å². The second kappa shape index (κ2) is 49.5. The number of hydrogen-bond acceptors (Lipinski definition) is 3. The summed E-state index contributed by atoms with van der Waals surface area (Å²) in [5, 5.41) is 23.0. The highest BCUT2D eigenvalue weighted by Gasteiger charge is 2.17. The Bertz CT molecular complexity index is 965. The van der Waals surface area contributed by atoms with Gasteiger partial charge >= 0.3 is 0 Å². The van der Waals surface area contributed by atoms with Crippen molar-refractivity contribution in [1.29, 1.82) is 0 Å². The molecule has 0 spiro atoms. The highest BCUT2D eigenvalue weighted by Crippen LogP contribution is 2.16. The monoisotopic (exact) mass is 810 g/mol. The van der Waals surface area contributed by atoms with Crippen LogP contribution in [0, 0.1) is 0 Å². The van der Waals surface area contributed by atoms with Crippen molar-refractivity contribution in [3.05, 3.63) is 60.8 Å². The number of amides is 1. The smallest absolute Gasteiger partial charge is 0.220 e. The average Bonchev–Trinajstić information content (AvgIpc) is 3.23. The molecule has 0 aliphatic heterocycles. The zero-order valence-corrected chi connectivity index (χ0v) is 38.8. The normalized spacial score (nSPS) is 13.4. The van der Waals surface area contributed by atoms with E-state index in [1.165, 1.54) is 180 Å². The van der Waals surface area contributed by atoms with Gasteiger partial charge in [-0.15, -0.1) is 0 Å². The predicted molar refractivity (Wildman–Crippen MR) is 258 cm³/mol. The summed E-state index contributed by atoms with van der Waals surface area (Å²) >= 11 is 0. The van der Waals surface area contributed by atoms with Crippen molar-refractivity contribution in [2.45, 2.75) is 270 Å². The Hall–Kier alpha value is -1.91. The van der Waals surface area contributed by atoms with E-state index in [-0.39, 0.29) is 12.5 Å². The van der Waals surface area contributed by atoms with Crippen LogP contribution in [-0.4, -0.2) is 34.9 Å². The SMILES string of the molecule is CCCCC/C=C\C/C=C\CCCCCCCC(=O)NC(CO)C(O)/C=C/CC/C=C/CC/C=C/CCCCCCCCCCCCCCCCCCCCCCC. The summed E-state index contributed by atoms with van der Waals surface area (Å²) in [7, 11) is 0. The second-order valence-electron chi connectivity index (χ2n) is 17.2. The molecule has 4 heteroatoms. The summed E-state index contributed by atoms with van der Waals surface area (Å²) in [6, 6.07) is -0.655. The first kappa shape index (κ1) is 56.1. The molecule has 0 aliphatic rings. The van der Waals surface area contributed by atoms with Gasteiger partial charge in [-0.1, -0.05) is 235 Å². The van der Waals surface area contributed by atoms with Gasteiger partial charge in [0.05, 0.1) is 18.8 Å². The Labute approximate surface area is 362 Å². The van der Waals surface area contributed by atoms with Crippen LogP contribution < -0.4 is 5.32 Å². The molecule has 0 saturated carbocycles. The molecular weight excluding hydrogens is 711 g/mol. The zero-order chi connectivity index (χ0) is 42.1. The van der Waals surface area contributed by atoms with Crippen LogP contribution in [0.2, 0.25) is 0 Å². The Morgan fingerprint density at radius 3 is 1.14 bits per heavy atom. The lowest BCUT2D eigenvalue weighted by molar-refractivity contribution is -0.123. The van der Waals surface area contributed by atoms with Crippen molar-refractivity contribution in [2.24, 2.45) is 0 Å². The summed E-state index contributed by atoms with van der Waals surface area (Å²) < 4.78 is 0. The highest BCUT2D eigenvalue weighted by molar-refractivity contribution is 5.76. The molecule has 0 bridgehead atoms. The van der Waals surface area contributed by atoms with Gasteiger partial charge in [0, 0.05) is 6.42 Å². The molecule has 0 aromatic carbocycles. The molecule has 3 N–H and O–H groups in total. The van der Waals surface area contributed by atoms with E-state index in [2.05, 4.69) is 67.8 Å². The van der Waals surface area contributed by atoms with Gasteiger partial charge in [0.25, 0.3) is 0 Å². The quantitative estimate of drug-likeness (QED) is 0.0424. The number of carbonyl (C=O) groups excluding carboxylic acids is 1. The lowest BCUT2D eigenvalue weighted by Crippen LogP contribution is -2.45. The molecule has 338 valence electrons. The third kappa shape index (κ3) is 45.2. The van der Waals surface area contributed by atoms with Crippen molar-refractivity contribution in [3.8, 4) is 0 Å². The molecule has 0 fully saturated rings. The van der Waals surface area contributed by atoms with Crippen molar-refractivity contribution in [2.75, 3.05) is 6.61 Å². The molecule has 0 aromatic heterocycles. The standard InChI is InChI=1S/C54H99NO3/c1-3-5-7-9-11-13-15-17-19-20-21-22-23-24-25-26-27-28-29-30-31-32-33-34-36-37-39-41-43-45-47-49-53(57)52(51-56)55-54(58)50-48-46-44-42-40-38-35-18-16-14-12-10-8-6-4-2/h12,14,18,33-35,39,41,47,49,52-53,56-57H,3-11,13,15-17,19-32,36-38,40,42-46,48,50-51H2,1-2H3,(H,55,58)/b14-12-,34-33+,35-18-,41-39+,49-47+. The number of aliphatic hydroxyl groups excluding tert-OH is 2. The van der Waals surface area contributed by atoms with Crippen LogP contribution in [0.25, 0.3) is 0 Å². The van der Waals surface area contributed by atoms with Gasteiger partial charge < -0.3 is 15.5 Å². The number of nitrogens with one attached hydrogen (secondary N) is 1. The first-order valence-corrected chi connectivity index (χ1v) is 25.5. The summed E-state index contributed by atoms with van der Waals surface area (Å²) in [5.74, 6) is -0.0925. The Kier molecular flexibility index (Phi) is 47.8. The predicted octanol–water partition coefficient (Wildman–Crippen LogP) is 16.5. The van der Waals surface area contributed by atoms with Crippen LogP contribution in [0.4, 0.5) is 0 Å². The number of allylic oxidation sites excluding steroid dienone is 9. The van der Waals surface area contributed by atoms with E-state index >= 15 is 0 Å². The maximum absolute atomic E-state index is 12.4. The average molecular weight is 810 g/mol. The van der Waals surface area contributed by atoms with Gasteiger partial charge in [-0.2, -0.15) is 0 Å². The maximum atomic E-state index is 12.4. The van der Waals surface area contributed by atoms with E-state index in [1.807, 2.05) is 6.08 Å². The third-order valence-electron chi connectivity index (χ3n) is 11.5. The van der Waals surface area contributed by atoms with Crippen molar-refractivity contribution < 1.29 is 15.0 Å². The van der Waals surface area contributed by atoms with Gasteiger partial charge in [-0.25, -0.2) is 0 Å². The minimum absolute atomic E-state index is 0.0925. The van der Waals surface area contributed by atoms with Gasteiger partial charge in [0.1, 0.15) is 0 Å². The molecular formula is C54H99NO3. The zero-order valence-electron chi connectivity index (χ0n) is 38.8. The number of rotatable bonds is 46. The van der Waals surface area contributed by atoms with Gasteiger partial charge in [-0.05, 0) is 77.0 Å². The fraction of sp³-hybridized carbons (Fsp3) is 0.796. The lowest BCUT2D eigenvalue weighted by Gasteiger charge is -2.19. The summed E-state index contributed by atoms with van der Waals surface area (Å²) in [6.45, 7) is 4.27. The van der Waals surface area contributed by atoms with E-state index in [1.54, 1.807) is 6.08 Å². The van der Waals surface area contributed by atoms with E-state index in [4.69, 9.17) is 0 Å². The Morgan fingerprint density at radius 1 is 0.414 bits per heavy atom. The maximum Gasteiger partial charge on any atom is 0.220 e. The number of hydrogen-bond donors (Lipinski definition) is 3. The van der Waals surface area contributed by atoms with Crippen LogP contribution in [0.3, 0.4) is 0 Å². The van der Waals surface area contributed by atoms with Crippen molar-refractivity contribution >= 4 is 5.91 Å². The topological polar surface area (TPSA) is 69.6 Å². The first-order valence-electron chi connectivity index (χ1n) is 25.5. The van der Waals surface area contributed by atoms with E-state index in [0.717, 1.165) is 57.8 Å². The van der Waals surface area contributed by atoms with Crippen molar-refractivity contribution in [1.82, 2.24) is 5.32 Å². The molecule has 2 atom stereocenters. The van der Waals surface area contributed by atoms with Crippen LogP contribution in [-0.2, 0) is 4.79 Å². The fourth-order valence-corrected chi connectivity index (χ4v) is 7.54.